The first-order chi connectivity index (χ1) is 9.84. The maximum atomic E-state index is 3.87. The van der Waals surface area contributed by atoms with Gasteiger partial charge in [-0.1, -0.05) is 29.8 Å². The highest BCUT2D eigenvalue weighted by atomic mass is 15.2. The van der Waals surface area contributed by atoms with Crippen LogP contribution in [-0.4, -0.2) is 30.1 Å². The summed E-state index contributed by atoms with van der Waals surface area (Å²) in [6.45, 7) is 4.84. The molecule has 5 rings (SSSR count). The lowest BCUT2D eigenvalue weighted by Crippen LogP contribution is -2.58. The molecule has 0 amide bonds. The molecule has 1 spiro atoms. The summed E-state index contributed by atoms with van der Waals surface area (Å²) in [5, 5.41) is 3.87. The van der Waals surface area contributed by atoms with E-state index in [-0.39, 0.29) is 0 Å². The van der Waals surface area contributed by atoms with Crippen molar-refractivity contribution in [3.8, 4) is 0 Å². The molecule has 3 aliphatic heterocycles. The second-order valence-corrected chi connectivity index (χ2v) is 6.98. The first-order valence-electron chi connectivity index (χ1n) is 8.11. The van der Waals surface area contributed by atoms with Gasteiger partial charge in [-0.15, -0.1) is 0 Å². The molecule has 1 saturated carbocycles. The van der Waals surface area contributed by atoms with Gasteiger partial charge in [-0.2, -0.15) is 0 Å². The number of allylic oxidation sites excluding steroid dienone is 1. The Hall–Kier alpha value is -1.28. The fourth-order valence-electron chi connectivity index (χ4n) is 5.75. The van der Waals surface area contributed by atoms with Crippen molar-refractivity contribution in [3.05, 3.63) is 41.5 Å². The van der Waals surface area contributed by atoms with Gasteiger partial charge in [0.1, 0.15) is 0 Å². The second-order valence-electron chi connectivity index (χ2n) is 6.98. The van der Waals surface area contributed by atoms with Crippen LogP contribution in [0.4, 0.5) is 5.69 Å². The standard InChI is InChI=1S/C18H22N2/c1-2-13-12-7-9-20-10-8-18(17(13)20)14-5-3-4-6-15(14)19-16(18)11-12/h2-6,12,16-17,19H,7-11H2,1H3/t12-,16-,17-,18-/m0/s1. The van der Waals surface area contributed by atoms with E-state index in [1.807, 2.05) is 0 Å². The van der Waals surface area contributed by atoms with E-state index in [1.54, 1.807) is 11.1 Å². The van der Waals surface area contributed by atoms with Gasteiger partial charge < -0.3 is 5.32 Å². The predicted octanol–water partition coefficient (Wildman–Crippen LogP) is 3.16. The molecule has 2 heteroatoms. The van der Waals surface area contributed by atoms with Crippen molar-refractivity contribution in [1.29, 1.82) is 0 Å². The van der Waals surface area contributed by atoms with Crippen LogP contribution in [0.3, 0.4) is 0 Å². The number of rotatable bonds is 0. The molecule has 104 valence electrons. The third-order valence-electron chi connectivity index (χ3n) is 6.45. The molecule has 1 aromatic rings. The van der Waals surface area contributed by atoms with Gasteiger partial charge in [-0.3, -0.25) is 4.90 Å². The summed E-state index contributed by atoms with van der Waals surface area (Å²) in [5.74, 6) is 0.819. The van der Waals surface area contributed by atoms with Crippen LogP contribution in [-0.2, 0) is 5.41 Å². The van der Waals surface area contributed by atoms with Crippen LogP contribution < -0.4 is 5.32 Å². The van der Waals surface area contributed by atoms with E-state index in [9.17, 15) is 0 Å². The molecule has 2 nitrogen and oxygen atoms in total. The van der Waals surface area contributed by atoms with Crippen molar-refractivity contribution in [3.63, 3.8) is 0 Å². The van der Waals surface area contributed by atoms with Crippen LogP contribution in [0.25, 0.3) is 0 Å². The Morgan fingerprint density at radius 1 is 1.30 bits per heavy atom. The monoisotopic (exact) mass is 266 g/mol. The van der Waals surface area contributed by atoms with Gasteiger partial charge in [0.2, 0.25) is 0 Å². The highest BCUT2D eigenvalue weighted by Crippen LogP contribution is 2.60. The van der Waals surface area contributed by atoms with Crippen LogP contribution in [0.2, 0.25) is 0 Å². The summed E-state index contributed by atoms with van der Waals surface area (Å²) >= 11 is 0. The topological polar surface area (TPSA) is 15.3 Å². The van der Waals surface area contributed by atoms with Gasteiger partial charge in [-0.25, -0.2) is 0 Å². The lowest BCUT2D eigenvalue weighted by Gasteiger charge is -2.52. The average Bonchev–Trinajstić information content (AvgIpc) is 3.03. The number of nitrogens with one attached hydrogen (secondary N) is 1. The number of anilines is 1. The van der Waals surface area contributed by atoms with Crippen molar-refractivity contribution in [1.82, 2.24) is 4.90 Å². The fourth-order valence-corrected chi connectivity index (χ4v) is 5.75. The third-order valence-corrected chi connectivity index (χ3v) is 6.45. The van der Waals surface area contributed by atoms with Gasteiger partial charge in [0, 0.05) is 23.2 Å². The highest BCUT2D eigenvalue weighted by molar-refractivity contribution is 5.65. The molecule has 2 bridgehead atoms. The summed E-state index contributed by atoms with van der Waals surface area (Å²) in [5.41, 5.74) is 5.10. The number of piperidine rings is 1. The van der Waals surface area contributed by atoms with Gasteiger partial charge in [0.15, 0.2) is 0 Å². The number of fused-ring (bicyclic) bond motifs is 2. The summed E-state index contributed by atoms with van der Waals surface area (Å²) < 4.78 is 0. The fraction of sp³-hybridized carbons (Fsp3) is 0.556. The van der Waals surface area contributed by atoms with E-state index < -0.39 is 0 Å². The summed E-state index contributed by atoms with van der Waals surface area (Å²) in [7, 11) is 0. The Labute approximate surface area is 120 Å². The molecule has 3 fully saturated rings. The van der Waals surface area contributed by atoms with E-state index in [4.69, 9.17) is 0 Å². The summed E-state index contributed by atoms with van der Waals surface area (Å²) in [6.07, 6.45) is 6.46. The van der Waals surface area contributed by atoms with Crippen LogP contribution in [0.15, 0.2) is 35.9 Å². The normalized spacial score (nSPS) is 43.2. The zero-order chi connectivity index (χ0) is 13.3. The van der Waals surface area contributed by atoms with Crippen molar-refractivity contribution >= 4 is 5.69 Å². The van der Waals surface area contributed by atoms with Crippen molar-refractivity contribution in [2.75, 3.05) is 18.4 Å². The maximum Gasteiger partial charge on any atom is 0.0428 e. The molecule has 1 aromatic carbocycles. The van der Waals surface area contributed by atoms with E-state index in [2.05, 4.69) is 47.5 Å². The Balaban J connectivity index is 1.76. The number of hydrogen-bond donors (Lipinski definition) is 1. The van der Waals surface area contributed by atoms with E-state index in [1.165, 1.54) is 38.0 Å². The molecule has 0 unspecified atom stereocenters. The quantitative estimate of drug-likeness (QED) is 0.726. The molecular formula is C18H22N2. The SMILES string of the molecule is CC=C1[C@H]2CCN3CC[C@@]4(c5ccccc5N[C@H]4C2)[C@H]13. The van der Waals surface area contributed by atoms with E-state index in [0.29, 0.717) is 17.5 Å². The number of nitrogens with zero attached hydrogens (tertiary/aromatic N) is 1. The Morgan fingerprint density at radius 2 is 2.20 bits per heavy atom. The molecule has 4 aliphatic rings. The van der Waals surface area contributed by atoms with Gasteiger partial charge >= 0.3 is 0 Å². The van der Waals surface area contributed by atoms with Crippen molar-refractivity contribution < 1.29 is 0 Å². The smallest absolute Gasteiger partial charge is 0.0428 e. The summed E-state index contributed by atoms with van der Waals surface area (Å²) in [4.78, 5) is 2.77. The lowest BCUT2D eigenvalue weighted by atomic mass is 9.58. The predicted molar refractivity (Wildman–Crippen MR) is 82.0 cm³/mol. The minimum atomic E-state index is 0.357. The van der Waals surface area contributed by atoms with Gasteiger partial charge in [-0.05, 0) is 56.8 Å². The zero-order valence-corrected chi connectivity index (χ0v) is 12.1. The van der Waals surface area contributed by atoms with E-state index >= 15 is 0 Å². The first kappa shape index (κ1) is 11.4. The Morgan fingerprint density at radius 3 is 3.10 bits per heavy atom. The molecule has 2 saturated heterocycles. The molecule has 3 heterocycles. The number of benzene rings is 1. The minimum Gasteiger partial charge on any atom is -0.381 e. The van der Waals surface area contributed by atoms with Crippen molar-refractivity contribution in [2.45, 2.75) is 43.7 Å². The number of hydrogen-bond acceptors (Lipinski definition) is 2. The van der Waals surface area contributed by atoms with Crippen LogP contribution in [0.5, 0.6) is 0 Å². The lowest BCUT2D eigenvalue weighted by molar-refractivity contribution is 0.124. The molecule has 1 aliphatic carbocycles. The van der Waals surface area contributed by atoms with E-state index in [0.717, 1.165) is 5.92 Å². The molecule has 1 N–H and O–H groups in total. The zero-order valence-electron chi connectivity index (χ0n) is 12.1. The van der Waals surface area contributed by atoms with Crippen LogP contribution >= 0.6 is 0 Å². The Kier molecular flexibility index (Phi) is 2.09. The summed E-state index contributed by atoms with van der Waals surface area (Å²) in [6, 6.07) is 10.4. The molecule has 20 heavy (non-hydrogen) atoms. The van der Waals surface area contributed by atoms with Gasteiger partial charge in [0.25, 0.3) is 0 Å². The molecular weight excluding hydrogens is 244 g/mol. The van der Waals surface area contributed by atoms with Crippen molar-refractivity contribution in [2.24, 2.45) is 5.92 Å². The molecule has 4 atom stereocenters. The molecule has 0 radical (unpaired) electrons. The average molecular weight is 266 g/mol. The third kappa shape index (κ3) is 1.12. The van der Waals surface area contributed by atoms with Crippen LogP contribution in [0.1, 0.15) is 31.7 Å². The maximum absolute atomic E-state index is 3.87. The minimum absolute atomic E-state index is 0.357. The first-order valence-corrected chi connectivity index (χ1v) is 8.11. The molecule has 0 aromatic heterocycles. The van der Waals surface area contributed by atoms with Crippen LogP contribution in [0, 0.1) is 5.92 Å². The largest absolute Gasteiger partial charge is 0.381 e. The highest BCUT2D eigenvalue weighted by Gasteiger charge is 2.62. The second kappa shape index (κ2) is 3.67. The Bertz CT molecular complexity index is 605. The number of para-hydroxylation sites is 1. The van der Waals surface area contributed by atoms with Gasteiger partial charge in [0.05, 0.1) is 0 Å².